The first-order valence-corrected chi connectivity index (χ1v) is 7.81. The van der Waals surface area contributed by atoms with E-state index in [4.69, 9.17) is 4.74 Å². The second-order valence-electron chi connectivity index (χ2n) is 4.34. The summed E-state index contributed by atoms with van der Waals surface area (Å²) in [5.41, 5.74) is 1.49. The minimum Gasteiger partial charge on any atom is -0.379 e. The summed E-state index contributed by atoms with van der Waals surface area (Å²) in [7, 11) is 0. The molecule has 16 heavy (non-hydrogen) atoms. The van der Waals surface area contributed by atoms with Gasteiger partial charge < -0.3 is 10.1 Å². The van der Waals surface area contributed by atoms with E-state index in [0.717, 1.165) is 31.6 Å². The monoisotopic (exact) mass is 258 g/mol. The van der Waals surface area contributed by atoms with E-state index in [2.05, 4.69) is 27.5 Å². The average Bonchev–Trinajstić information content (AvgIpc) is 2.72. The number of rotatable bonds is 2. The molecule has 0 spiro atoms. The molecule has 2 atom stereocenters. The fourth-order valence-corrected chi connectivity index (χ4v) is 5.20. The fraction of sp³-hybridized carbons (Fsp3) is 0.818. The topological polar surface area (TPSA) is 24.5 Å². The van der Waals surface area contributed by atoms with Crippen LogP contribution in [0.2, 0.25) is 0 Å². The summed E-state index contributed by atoms with van der Waals surface area (Å²) < 4.78 is 8.32. The van der Waals surface area contributed by atoms with Gasteiger partial charge >= 0.3 is 0 Å². The lowest BCUT2D eigenvalue weighted by Gasteiger charge is -2.27. The van der Waals surface area contributed by atoms with Crippen molar-refractivity contribution in [1.29, 1.82) is 0 Å². The molecule has 1 aliphatic carbocycles. The van der Waals surface area contributed by atoms with Crippen molar-refractivity contribution in [1.82, 2.24) is 9.62 Å². The van der Waals surface area contributed by atoms with Gasteiger partial charge in [-0.2, -0.15) is 0 Å². The third kappa shape index (κ3) is 2.53. The summed E-state index contributed by atoms with van der Waals surface area (Å²) in [5.74, 6) is 0. The van der Waals surface area contributed by atoms with Crippen LogP contribution in [0, 0.1) is 0 Å². The Labute approximate surface area is 105 Å². The Morgan fingerprint density at radius 2 is 2.31 bits per heavy atom. The van der Waals surface area contributed by atoms with Crippen molar-refractivity contribution < 1.29 is 4.74 Å². The molecule has 0 bridgehead atoms. The molecule has 2 saturated heterocycles. The van der Waals surface area contributed by atoms with Gasteiger partial charge in [0.15, 0.2) is 0 Å². The van der Waals surface area contributed by atoms with E-state index < -0.39 is 0 Å². The Morgan fingerprint density at radius 1 is 1.44 bits per heavy atom. The third-order valence-corrected chi connectivity index (χ3v) is 5.92. The van der Waals surface area contributed by atoms with Gasteiger partial charge in [-0.25, -0.2) is 4.31 Å². The van der Waals surface area contributed by atoms with Crippen LogP contribution in [0.3, 0.4) is 0 Å². The highest BCUT2D eigenvalue weighted by Gasteiger charge is 2.32. The molecule has 1 N–H and O–H groups in total. The van der Waals surface area contributed by atoms with Crippen LogP contribution in [0.5, 0.6) is 0 Å². The first kappa shape index (κ1) is 11.3. The van der Waals surface area contributed by atoms with E-state index in [1.54, 1.807) is 0 Å². The Kier molecular flexibility index (Phi) is 3.67. The maximum Gasteiger partial charge on any atom is 0.134 e. The van der Waals surface area contributed by atoms with Crippen LogP contribution < -0.4 is 5.32 Å². The second kappa shape index (κ2) is 5.21. The van der Waals surface area contributed by atoms with E-state index in [-0.39, 0.29) is 0 Å². The molecule has 3 aliphatic rings. The van der Waals surface area contributed by atoms with Crippen molar-refractivity contribution in [2.24, 2.45) is 0 Å². The zero-order valence-corrected chi connectivity index (χ0v) is 11.0. The van der Waals surface area contributed by atoms with Gasteiger partial charge in [0, 0.05) is 24.0 Å². The molecule has 0 aromatic carbocycles. The summed E-state index contributed by atoms with van der Waals surface area (Å²) in [6, 6.07) is 0. The highest BCUT2D eigenvalue weighted by molar-refractivity contribution is 8.16. The molecule has 3 rings (SSSR count). The van der Waals surface area contributed by atoms with Crippen LogP contribution in [-0.4, -0.2) is 40.6 Å². The van der Waals surface area contributed by atoms with E-state index >= 15 is 0 Å². The SMILES string of the molecule is C1=C2NC(SN3CCOCC3)SC2CCC1. The maximum absolute atomic E-state index is 5.37. The number of hydrogen-bond acceptors (Lipinski definition) is 5. The molecule has 90 valence electrons. The van der Waals surface area contributed by atoms with Crippen LogP contribution >= 0.6 is 23.7 Å². The van der Waals surface area contributed by atoms with Crippen LogP contribution in [0.25, 0.3) is 0 Å². The summed E-state index contributed by atoms with van der Waals surface area (Å²) in [5, 5.41) is 4.39. The van der Waals surface area contributed by atoms with Gasteiger partial charge in [0.2, 0.25) is 0 Å². The van der Waals surface area contributed by atoms with Crippen molar-refractivity contribution in [3.63, 3.8) is 0 Å². The molecule has 2 fully saturated rings. The zero-order chi connectivity index (χ0) is 10.8. The van der Waals surface area contributed by atoms with Gasteiger partial charge in [0.1, 0.15) is 4.71 Å². The normalized spacial score (nSPS) is 35.4. The van der Waals surface area contributed by atoms with E-state index in [0.29, 0.717) is 4.71 Å². The summed E-state index contributed by atoms with van der Waals surface area (Å²) in [6.07, 6.45) is 6.36. The van der Waals surface area contributed by atoms with Gasteiger partial charge in [-0.3, -0.25) is 0 Å². The largest absolute Gasteiger partial charge is 0.379 e. The van der Waals surface area contributed by atoms with Crippen molar-refractivity contribution in [2.75, 3.05) is 26.3 Å². The number of fused-ring (bicyclic) bond motifs is 1. The fourth-order valence-electron chi connectivity index (χ4n) is 2.30. The highest BCUT2D eigenvalue weighted by Crippen LogP contribution is 2.41. The Bertz CT molecular complexity index is 279. The number of allylic oxidation sites excluding steroid dienone is 1. The number of thioether (sulfide) groups is 1. The number of morpholine rings is 1. The lowest BCUT2D eigenvalue weighted by Crippen LogP contribution is -2.34. The number of nitrogens with one attached hydrogen (secondary N) is 1. The lowest BCUT2D eigenvalue weighted by molar-refractivity contribution is 0.0772. The molecular formula is C11H18N2OS2. The quantitative estimate of drug-likeness (QED) is 0.764. The average molecular weight is 258 g/mol. The van der Waals surface area contributed by atoms with Gasteiger partial charge in [-0.15, -0.1) is 11.8 Å². The molecule has 2 heterocycles. The summed E-state index contributed by atoms with van der Waals surface area (Å²) in [4.78, 5) is 0. The van der Waals surface area contributed by atoms with Gasteiger partial charge in [-0.1, -0.05) is 6.08 Å². The predicted octanol–water partition coefficient (Wildman–Crippen LogP) is 2.02. The van der Waals surface area contributed by atoms with Crippen molar-refractivity contribution in [3.05, 3.63) is 11.8 Å². The minimum absolute atomic E-state index is 0.521. The summed E-state index contributed by atoms with van der Waals surface area (Å²) >= 11 is 4.05. The Hall–Kier alpha value is 0.160. The predicted molar refractivity (Wildman–Crippen MR) is 70.2 cm³/mol. The molecular weight excluding hydrogens is 240 g/mol. The summed E-state index contributed by atoms with van der Waals surface area (Å²) in [6.45, 7) is 3.90. The zero-order valence-electron chi connectivity index (χ0n) is 9.35. The molecule has 2 unspecified atom stereocenters. The van der Waals surface area contributed by atoms with Crippen molar-refractivity contribution in [2.45, 2.75) is 29.2 Å². The number of ether oxygens (including phenoxy) is 1. The molecule has 0 aromatic rings. The van der Waals surface area contributed by atoms with E-state index in [1.807, 2.05) is 11.9 Å². The van der Waals surface area contributed by atoms with Crippen LogP contribution in [0.15, 0.2) is 11.8 Å². The lowest BCUT2D eigenvalue weighted by atomic mass is 10.0. The number of nitrogens with zero attached hydrogens (tertiary/aromatic N) is 1. The molecule has 0 radical (unpaired) electrons. The van der Waals surface area contributed by atoms with Crippen LogP contribution in [0.1, 0.15) is 19.3 Å². The van der Waals surface area contributed by atoms with Gasteiger partial charge in [-0.05, 0) is 31.2 Å². The van der Waals surface area contributed by atoms with Crippen LogP contribution in [0.4, 0.5) is 0 Å². The van der Waals surface area contributed by atoms with Crippen molar-refractivity contribution >= 4 is 23.7 Å². The smallest absolute Gasteiger partial charge is 0.134 e. The molecule has 5 heteroatoms. The molecule has 0 saturated carbocycles. The molecule has 0 amide bonds. The van der Waals surface area contributed by atoms with E-state index in [1.165, 1.54) is 25.0 Å². The van der Waals surface area contributed by atoms with Crippen molar-refractivity contribution in [3.8, 4) is 0 Å². The van der Waals surface area contributed by atoms with Gasteiger partial charge in [0.05, 0.1) is 13.2 Å². The molecule has 3 nitrogen and oxygen atoms in total. The van der Waals surface area contributed by atoms with Gasteiger partial charge in [0.25, 0.3) is 0 Å². The number of hydrogen-bond donors (Lipinski definition) is 1. The van der Waals surface area contributed by atoms with E-state index in [9.17, 15) is 0 Å². The van der Waals surface area contributed by atoms with Crippen LogP contribution in [-0.2, 0) is 4.74 Å². The highest BCUT2D eigenvalue weighted by atomic mass is 32.2. The first-order chi connectivity index (χ1) is 7.92. The second-order valence-corrected chi connectivity index (χ2v) is 7.15. The maximum atomic E-state index is 5.37. The molecule has 0 aromatic heterocycles. The Balaban J connectivity index is 1.53. The molecule has 2 aliphatic heterocycles. The minimum atomic E-state index is 0.521. The third-order valence-electron chi connectivity index (χ3n) is 3.17. The Morgan fingerprint density at radius 3 is 3.12 bits per heavy atom. The standard InChI is InChI=1S/C11H18N2OS2/c1-2-4-10-9(3-1)12-11(15-10)16-13-5-7-14-8-6-13/h3,10-12H,1-2,4-8H2. The first-order valence-electron chi connectivity index (χ1n) is 6.03.